The molecule has 0 bridgehead atoms. The molecule has 0 aliphatic rings. The number of para-hydroxylation sites is 2. The lowest BCUT2D eigenvalue weighted by atomic mass is 10.0. The van der Waals surface area contributed by atoms with Crippen molar-refractivity contribution in [2.45, 2.75) is 20.8 Å². The van der Waals surface area contributed by atoms with Crippen molar-refractivity contribution < 1.29 is 14.5 Å². The number of nitrogens with zero attached hydrogens (tertiary/aromatic N) is 2. The lowest BCUT2D eigenvalue weighted by Gasteiger charge is -2.22. The van der Waals surface area contributed by atoms with E-state index < -0.39 is 16.9 Å². The van der Waals surface area contributed by atoms with Crippen molar-refractivity contribution in [1.82, 2.24) is 5.32 Å². The second kappa shape index (κ2) is 8.31. The van der Waals surface area contributed by atoms with Crippen LogP contribution in [-0.4, -0.2) is 30.5 Å². The van der Waals surface area contributed by atoms with Crippen molar-refractivity contribution in [3.8, 4) is 0 Å². The van der Waals surface area contributed by atoms with Gasteiger partial charge in [-0.2, -0.15) is 0 Å². The minimum atomic E-state index is -0.578. The summed E-state index contributed by atoms with van der Waals surface area (Å²) in [5, 5.41) is 15.9. The third-order valence-electron chi connectivity index (χ3n) is 4.05. The Kier molecular flexibility index (Phi) is 6.12. The molecule has 2 aromatic carbocycles. The summed E-state index contributed by atoms with van der Waals surface area (Å²) in [7, 11) is 1.62. The first-order chi connectivity index (χ1) is 12.7. The molecule has 0 atom stereocenters. The SMILES string of the molecule is Cc1cc(C)c(N(C)C(=O)NCC(=O)Nc2ccccc2[N+](=O)[O-])c(C)c1. The summed E-state index contributed by atoms with van der Waals surface area (Å²) in [5.74, 6) is -0.552. The molecule has 0 aromatic heterocycles. The summed E-state index contributed by atoms with van der Waals surface area (Å²) < 4.78 is 0. The zero-order chi connectivity index (χ0) is 20.1. The van der Waals surface area contributed by atoms with Crippen molar-refractivity contribution in [3.05, 3.63) is 63.2 Å². The number of urea groups is 1. The molecule has 2 N–H and O–H groups in total. The van der Waals surface area contributed by atoms with Crippen LogP contribution in [0, 0.1) is 30.9 Å². The van der Waals surface area contributed by atoms with Crippen LogP contribution >= 0.6 is 0 Å². The first-order valence-electron chi connectivity index (χ1n) is 8.33. The molecule has 0 saturated heterocycles. The number of carbonyl (C=O) groups excluding carboxylic acids is 2. The molecule has 8 heteroatoms. The lowest BCUT2D eigenvalue weighted by Crippen LogP contribution is -2.41. The predicted octanol–water partition coefficient (Wildman–Crippen LogP) is 3.30. The summed E-state index contributed by atoms with van der Waals surface area (Å²) in [6, 6.07) is 9.34. The van der Waals surface area contributed by atoms with E-state index in [0.717, 1.165) is 22.4 Å². The molecule has 0 radical (unpaired) electrons. The van der Waals surface area contributed by atoms with E-state index in [4.69, 9.17) is 0 Å². The topological polar surface area (TPSA) is 105 Å². The summed E-state index contributed by atoms with van der Waals surface area (Å²) >= 11 is 0. The zero-order valence-electron chi connectivity index (χ0n) is 15.7. The van der Waals surface area contributed by atoms with Gasteiger partial charge in [0, 0.05) is 13.1 Å². The first kappa shape index (κ1) is 19.9. The second-order valence-electron chi connectivity index (χ2n) is 6.29. The largest absolute Gasteiger partial charge is 0.329 e. The number of amides is 3. The van der Waals surface area contributed by atoms with Gasteiger partial charge in [-0.1, -0.05) is 29.8 Å². The molecule has 2 aromatic rings. The zero-order valence-corrected chi connectivity index (χ0v) is 15.7. The molecule has 27 heavy (non-hydrogen) atoms. The molecule has 8 nitrogen and oxygen atoms in total. The molecule has 0 spiro atoms. The Bertz CT molecular complexity index is 872. The van der Waals surface area contributed by atoms with Gasteiger partial charge in [-0.3, -0.25) is 19.8 Å². The van der Waals surface area contributed by atoms with Gasteiger partial charge < -0.3 is 10.6 Å². The molecule has 0 saturated carbocycles. The van der Waals surface area contributed by atoms with Gasteiger partial charge in [0.1, 0.15) is 5.69 Å². The predicted molar refractivity (Wildman–Crippen MR) is 104 cm³/mol. The molecular weight excluding hydrogens is 348 g/mol. The number of hydrogen-bond acceptors (Lipinski definition) is 4. The maximum absolute atomic E-state index is 12.4. The van der Waals surface area contributed by atoms with E-state index in [0.29, 0.717) is 0 Å². The van der Waals surface area contributed by atoms with Gasteiger partial charge in [0.25, 0.3) is 5.69 Å². The summed E-state index contributed by atoms with van der Waals surface area (Å²) in [6.07, 6.45) is 0. The smallest absolute Gasteiger partial charge is 0.322 e. The number of nitro groups is 1. The maximum Gasteiger partial charge on any atom is 0.322 e. The van der Waals surface area contributed by atoms with Crippen LogP contribution < -0.4 is 15.5 Å². The van der Waals surface area contributed by atoms with E-state index >= 15 is 0 Å². The summed E-state index contributed by atoms with van der Waals surface area (Å²) in [4.78, 5) is 36.3. The molecule has 2 rings (SSSR count). The first-order valence-corrected chi connectivity index (χ1v) is 8.33. The molecule has 0 fully saturated rings. The number of hydrogen-bond donors (Lipinski definition) is 2. The maximum atomic E-state index is 12.4. The van der Waals surface area contributed by atoms with Crippen molar-refractivity contribution in [2.75, 3.05) is 23.8 Å². The van der Waals surface area contributed by atoms with E-state index in [2.05, 4.69) is 10.6 Å². The van der Waals surface area contributed by atoms with Gasteiger partial charge in [0.05, 0.1) is 17.2 Å². The fourth-order valence-corrected chi connectivity index (χ4v) is 3.01. The number of anilines is 2. The molecule has 0 aliphatic heterocycles. The Balaban J connectivity index is 2.01. The quantitative estimate of drug-likeness (QED) is 0.622. The molecule has 142 valence electrons. The molecular formula is C19H22N4O4. The average Bonchev–Trinajstić information content (AvgIpc) is 2.58. The van der Waals surface area contributed by atoms with Crippen LogP contribution in [0.2, 0.25) is 0 Å². The Labute approximate surface area is 157 Å². The van der Waals surface area contributed by atoms with Crippen LogP contribution in [-0.2, 0) is 4.79 Å². The van der Waals surface area contributed by atoms with E-state index in [9.17, 15) is 19.7 Å². The monoisotopic (exact) mass is 370 g/mol. The van der Waals surface area contributed by atoms with Gasteiger partial charge in [0.15, 0.2) is 0 Å². The highest BCUT2D eigenvalue weighted by atomic mass is 16.6. The highest BCUT2D eigenvalue weighted by molar-refractivity contribution is 5.99. The van der Waals surface area contributed by atoms with Crippen molar-refractivity contribution in [1.29, 1.82) is 0 Å². The van der Waals surface area contributed by atoms with E-state index in [-0.39, 0.29) is 17.9 Å². The van der Waals surface area contributed by atoms with E-state index in [1.54, 1.807) is 13.1 Å². The molecule has 0 aliphatic carbocycles. The van der Waals surface area contributed by atoms with E-state index in [1.807, 2.05) is 32.9 Å². The van der Waals surface area contributed by atoms with Crippen LogP contribution in [0.15, 0.2) is 36.4 Å². The number of nitrogens with one attached hydrogen (secondary N) is 2. The minimum absolute atomic E-state index is 0.0836. The van der Waals surface area contributed by atoms with Crippen molar-refractivity contribution in [3.63, 3.8) is 0 Å². The normalized spacial score (nSPS) is 10.2. The minimum Gasteiger partial charge on any atom is -0.329 e. The third kappa shape index (κ3) is 4.81. The third-order valence-corrected chi connectivity index (χ3v) is 4.05. The molecule has 0 heterocycles. The van der Waals surface area contributed by atoms with Gasteiger partial charge in [-0.05, 0) is 38.0 Å². The summed E-state index contributed by atoms with van der Waals surface area (Å²) in [5.41, 5.74) is 3.66. The van der Waals surface area contributed by atoms with Crippen molar-refractivity contribution >= 4 is 29.0 Å². The lowest BCUT2D eigenvalue weighted by molar-refractivity contribution is -0.383. The number of nitro benzene ring substituents is 1. The Morgan fingerprint density at radius 3 is 2.30 bits per heavy atom. The van der Waals surface area contributed by atoms with Crippen LogP contribution in [0.1, 0.15) is 16.7 Å². The number of aryl methyl sites for hydroxylation is 3. The van der Waals surface area contributed by atoms with Gasteiger partial charge >= 0.3 is 6.03 Å². The van der Waals surface area contributed by atoms with Gasteiger partial charge in [0.2, 0.25) is 5.91 Å². The number of benzene rings is 2. The van der Waals surface area contributed by atoms with Crippen LogP contribution in [0.5, 0.6) is 0 Å². The average molecular weight is 370 g/mol. The Morgan fingerprint density at radius 1 is 1.11 bits per heavy atom. The fourth-order valence-electron chi connectivity index (χ4n) is 3.01. The van der Waals surface area contributed by atoms with Gasteiger partial charge in [-0.25, -0.2) is 4.79 Å². The van der Waals surface area contributed by atoms with Gasteiger partial charge in [-0.15, -0.1) is 0 Å². The standard InChI is InChI=1S/C19H22N4O4/c1-12-9-13(2)18(14(3)10-12)22(4)19(25)20-11-17(24)21-15-7-5-6-8-16(15)23(26)27/h5-10H,11H2,1-4H3,(H,20,25)(H,21,24). The molecule has 3 amide bonds. The highest BCUT2D eigenvalue weighted by Gasteiger charge is 2.18. The number of carbonyl (C=O) groups is 2. The second-order valence-corrected chi connectivity index (χ2v) is 6.29. The highest BCUT2D eigenvalue weighted by Crippen LogP contribution is 2.25. The van der Waals surface area contributed by atoms with Crippen LogP contribution in [0.25, 0.3) is 0 Å². The number of rotatable bonds is 5. The Morgan fingerprint density at radius 2 is 1.70 bits per heavy atom. The Hall–Kier alpha value is -3.42. The van der Waals surface area contributed by atoms with Crippen LogP contribution in [0.3, 0.4) is 0 Å². The van der Waals surface area contributed by atoms with Crippen LogP contribution in [0.4, 0.5) is 21.9 Å². The summed E-state index contributed by atoms with van der Waals surface area (Å²) in [6.45, 7) is 5.51. The fraction of sp³-hybridized carbons (Fsp3) is 0.263. The van der Waals surface area contributed by atoms with Crippen molar-refractivity contribution in [2.24, 2.45) is 0 Å². The molecule has 0 unspecified atom stereocenters. The van der Waals surface area contributed by atoms with E-state index in [1.165, 1.54) is 23.1 Å².